The van der Waals surface area contributed by atoms with Crippen LogP contribution in [-0.4, -0.2) is 87.2 Å². The number of hydrogen-bond acceptors (Lipinski definition) is 5. The van der Waals surface area contributed by atoms with Gasteiger partial charge in [-0.3, -0.25) is 9.78 Å². The van der Waals surface area contributed by atoms with Gasteiger partial charge in [-0.25, -0.2) is 17.3 Å². The lowest BCUT2D eigenvalue weighted by atomic mass is 10.1. The summed E-state index contributed by atoms with van der Waals surface area (Å²) >= 11 is 0. The summed E-state index contributed by atoms with van der Waals surface area (Å²) in [6.45, 7) is 6.56. The molecule has 3 saturated heterocycles. The Morgan fingerprint density at radius 1 is 1.13 bits per heavy atom. The predicted octanol–water partition coefficient (Wildman–Crippen LogP) is 4.06. The maximum absolute atomic E-state index is 14.1. The van der Waals surface area contributed by atoms with E-state index in [4.69, 9.17) is 4.74 Å². The zero-order chi connectivity index (χ0) is 26.9. The number of rotatable bonds is 5. The molecule has 204 valence electrons. The first-order chi connectivity index (χ1) is 18.4. The van der Waals surface area contributed by atoms with Crippen LogP contribution in [0.5, 0.6) is 0 Å². The summed E-state index contributed by atoms with van der Waals surface area (Å²) in [7, 11) is -1.56. The quantitative estimate of drug-likeness (QED) is 0.523. The third kappa shape index (κ3) is 5.19. The summed E-state index contributed by atoms with van der Waals surface area (Å²) in [6, 6.07) is 10.5. The van der Waals surface area contributed by atoms with Gasteiger partial charge in [0.15, 0.2) is 0 Å². The van der Waals surface area contributed by atoms with Crippen molar-refractivity contribution >= 4 is 33.6 Å². The second kappa shape index (κ2) is 11.1. The van der Waals surface area contributed by atoms with Gasteiger partial charge in [-0.1, -0.05) is 13.8 Å². The standard InChI is InChI=1S/C25H27F2N5O3S.C2H6/c26-25(27)6-9-31(16-25)22-4-3-17(14-18(22)20-15-21-19(29-20)2-1-7-28-21)36(34)32-8-5-23(32)24(33)30-10-12-35-13-11-30;1-2/h1-4,7,14-15,23,29H,5-6,8-13,16H2;1-2H3. The maximum atomic E-state index is 14.1. The molecule has 0 aliphatic carbocycles. The van der Waals surface area contributed by atoms with Crippen LogP contribution in [0.1, 0.15) is 26.7 Å². The molecule has 1 aromatic carbocycles. The predicted molar refractivity (Wildman–Crippen MR) is 144 cm³/mol. The Bertz CT molecular complexity index is 1290. The molecule has 5 heterocycles. The Labute approximate surface area is 223 Å². The number of nitrogens with one attached hydrogen (secondary N) is 1. The third-order valence-corrected chi connectivity index (χ3v) is 8.67. The summed E-state index contributed by atoms with van der Waals surface area (Å²) in [5, 5.41) is 0. The van der Waals surface area contributed by atoms with Gasteiger partial charge < -0.3 is 19.5 Å². The fourth-order valence-electron chi connectivity index (χ4n) is 5.10. The molecule has 1 N–H and O–H groups in total. The zero-order valence-electron chi connectivity index (χ0n) is 21.7. The van der Waals surface area contributed by atoms with Crippen molar-refractivity contribution in [1.82, 2.24) is 19.2 Å². The monoisotopic (exact) mass is 545 g/mol. The van der Waals surface area contributed by atoms with Crippen molar-refractivity contribution in [3.05, 3.63) is 42.6 Å². The molecule has 8 nitrogen and oxygen atoms in total. The molecule has 3 aliphatic rings. The third-order valence-electron chi connectivity index (χ3n) is 7.15. The fraction of sp³-hybridized carbons (Fsp3) is 0.481. The van der Waals surface area contributed by atoms with Crippen LogP contribution < -0.4 is 4.90 Å². The van der Waals surface area contributed by atoms with E-state index in [0.29, 0.717) is 55.4 Å². The number of halogens is 2. The van der Waals surface area contributed by atoms with Gasteiger partial charge in [0.1, 0.15) is 17.0 Å². The number of nitrogens with zero attached hydrogens (tertiary/aromatic N) is 4. The van der Waals surface area contributed by atoms with Gasteiger partial charge in [0.25, 0.3) is 5.92 Å². The molecule has 0 radical (unpaired) electrons. The largest absolute Gasteiger partial charge is 0.378 e. The molecule has 2 unspecified atom stereocenters. The van der Waals surface area contributed by atoms with Crippen LogP contribution in [0.15, 0.2) is 47.5 Å². The highest BCUT2D eigenvalue weighted by atomic mass is 32.2. The summed E-state index contributed by atoms with van der Waals surface area (Å²) in [6.07, 6.45) is 2.15. The number of morpholine rings is 1. The molecule has 11 heteroatoms. The first kappa shape index (κ1) is 26.7. The normalized spacial score (nSPS) is 22.1. The highest BCUT2D eigenvalue weighted by molar-refractivity contribution is 7.82. The number of aromatic nitrogens is 2. The minimum Gasteiger partial charge on any atom is -0.378 e. The lowest BCUT2D eigenvalue weighted by molar-refractivity contribution is -0.142. The van der Waals surface area contributed by atoms with Crippen molar-refractivity contribution in [2.24, 2.45) is 0 Å². The van der Waals surface area contributed by atoms with E-state index in [1.54, 1.807) is 38.5 Å². The van der Waals surface area contributed by atoms with E-state index < -0.39 is 22.9 Å². The number of anilines is 1. The number of carbonyl (C=O) groups excluding carboxylic acids is 1. The van der Waals surface area contributed by atoms with E-state index in [0.717, 1.165) is 16.7 Å². The van der Waals surface area contributed by atoms with Gasteiger partial charge in [-0.2, -0.15) is 0 Å². The highest BCUT2D eigenvalue weighted by Crippen LogP contribution is 2.39. The molecule has 0 bridgehead atoms. The molecule has 6 rings (SSSR count). The molecule has 2 atom stereocenters. The summed E-state index contributed by atoms with van der Waals surface area (Å²) < 4.78 is 48.8. The van der Waals surface area contributed by atoms with Gasteiger partial charge in [-0.15, -0.1) is 0 Å². The summed E-state index contributed by atoms with van der Waals surface area (Å²) in [5.41, 5.74) is 3.65. The molecule has 38 heavy (non-hydrogen) atoms. The number of alkyl halides is 2. The van der Waals surface area contributed by atoms with Crippen molar-refractivity contribution < 1.29 is 22.5 Å². The molecule has 0 saturated carbocycles. The van der Waals surface area contributed by atoms with Crippen LogP contribution >= 0.6 is 0 Å². The molecule has 0 spiro atoms. The number of aromatic amines is 1. The summed E-state index contributed by atoms with van der Waals surface area (Å²) in [5.74, 6) is -2.76. The number of amides is 1. The summed E-state index contributed by atoms with van der Waals surface area (Å²) in [4.78, 5) is 24.7. The Hall–Kier alpha value is -2.89. The van der Waals surface area contributed by atoms with Crippen molar-refractivity contribution in [3.8, 4) is 11.3 Å². The Morgan fingerprint density at radius 2 is 1.92 bits per heavy atom. The topological polar surface area (TPSA) is 81.8 Å². The van der Waals surface area contributed by atoms with Crippen molar-refractivity contribution in [1.29, 1.82) is 0 Å². The first-order valence-corrected chi connectivity index (χ1v) is 14.3. The molecule has 2 aromatic heterocycles. The van der Waals surface area contributed by atoms with Gasteiger partial charge in [0.2, 0.25) is 5.91 Å². The zero-order valence-corrected chi connectivity index (χ0v) is 22.5. The van der Waals surface area contributed by atoms with Crippen LogP contribution in [0.4, 0.5) is 14.5 Å². The van der Waals surface area contributed by atoms with Gasteiger partial charge >= 0.3 is 0 Å². The van der Waals surface area contributed by atoms with Gasteiger partial charge in [0.05, 0.1) is 41.4 Å². The average molecular weight is 546 g/mol. The minimum atomic E-state index is -2.74. The van der Waals surface area contributed by atoms with E-state index in [1.807, 2.05) is 32.0 Å². The fourth-order valence-corrected chi connectivity index (χ4v) is 6.47. The Balaban J connectivity index is 0.00000144. The number of ether oxygens (including phenoxy) is 1. The number of fused-ring (bicyclic) bond motifs is 1. The Kier molecular flexibility index (Phi) is 7.78. The molecular weight excluding hydrogens is 512 g/mol. The van der Waals surface area contributed by atoms with Crippen LogP contribution in [0, 0.1) is 0 Å². The number of H-pyrrole nitrogens is 1. The second-order valence-corrected chi connectivity index (χ2v) is 10.9. The number of carbonyl (C=O) groups is 1. The molecule has 3 aromatic rings. The van der Waals surface area contributed by atoms with E-state index >= 15 is 0 Å². The van der Waals surface area contributed by atoms with E-state index in [9.17, 15) is 17.8 Å². The van der Waals surface area contributed by atoms with Crippen molar-refractivity contribution in [2.75, 3.05) is 50.8 Å². The minimum absolute atomic E-state index is 0.0178. The van der Waals surface area contributed by atoms with Gasteiger partial charge in [-0.05, 0) is 42.8 Å². The maximum Gasteiger partial charge on any atom is 0.266 e. The number of pyridine rings is 1. The smallest absolute Gasteiger partial charge is 0.266 e. The number of hydrogen-bond donors (Lipinski definition) is 1. The van der Waals surface area contributed by atoms with Crippen molar-refractivity contribution in [3.63, 3.8) is 0 Å². The highest BCUT2D eigenvalue weighted by Gasteiger charge is 2.42. The lowest BCUT2D eigenvalue weighted by Gasteiger charge is -2.41. The lowest BCUT2D eigenvalue weighted by Crippen LogP contribution is -2.58. The molecule has 1 amide bonds. The van der Waals surface area contributed by atoms with Crippen LogP contribution in [-0.2, 0) is 20.5 Å². The average Bonchev–Trinajstić information content (AvgIpc) is 3.52. The van der Waals surface area contributed by atoms with E-state index in [-0.39, 0.29) is 25.4 Å². The van der Waals surface area contributed by atoms with Crippen LogP contribution in [0.25, 0.3) is 22.3 Å². The van der Waals surface area contributed by atoms with E-state index in [2.05, 4.69) is 9.97 Å². The van der Waals surface area contributed by atoms with E-state index in [1.165, 1.54) is 0 Å². The van der Waals surface area contributed by atoms with Crippen molar-refractivity contribution in [2.45, 2.75) is 43.5 Å². The van der Waals surface area contributed by atoms with Gasteiger partial charge in [0, 0.05) is 50.0 Å². The SMILES string of the molecule is CC.O=C(C1CCN1S(=O)c1ccc(N2CCC(F)(F)C2)c(-c2cc3ncccc3[nH]2)c1)N1CCOCC1. The Morgan fingerprint density at radius 3 is 2.58 bits per heavy atom. The molecule has 3 fully saturated rings. The molecular formula is C27H33F2N5O3S. The molecule has 3 aliphatic heterocycles. The second-order valence-electron chi connectivity index (χ2n) is 9.46. The van der Waals surface area contributed by atoms with Crippen LogP contribution in [0.3, 0.4) is 0 Å². The number of benzene rings is 1. The van der Waals surface area contributed by atoms with Crippen LogP contribution in [0.2, 0.25) is 0 Å². The first-order valence-electron chi connectivity index (χ1n) is 13.2.